The zero-order valence-electron chi connectivity index (χ0n) is 16.2. The van der Waals surface area contributed by atoms with Gasteiger partial charge in [-0.05, 0) is 62.5 Å². The molecule has 0 radical (unpaired) electrons. The number of piperidine rings is 2. The van der Waals surface area contributed by atoms with Gasteiger partial charge in [0.05, 0.1) is 0 Å². The van der Waals surface area contributed by atoms with Crippen LogP contribution in [-0.2, 0) is 0 Å². The van der Waals surface area contributed by atoms with Gasteiger partial charge < -0.3 is 15.1 Å². The molecule has 28 heavy (non-hydrogen) atoms. The maximum Gasteiger partial charge on any atom is 0.321 e. The summed E-state index contributed by atoms with van der Waals surface area (Å²) in [7, 11) is 0. The second kappa shape index (κ2) is 8.97. The van der Waals surface area contributed by atoms with Crippen LogP contribution in [0.5, 0.6) is 0 Å². The second-order valence-corrected chi connectivity index (χ2v) is 8.21. The summed E-state index contributed by atoms with van der Waals surface area (Å²) in [6.45, 7) is 4.14. The zero-order chi connectivity index (χ0) is 19.3. The molecule has 0 spiro atoms. The largest absolute Gasteiger partial charge is 0.324 e. The number of likely N-dealkylation sites (tertiary alicyclic amines) is 2. The highest BCUT2D eigenvalue weighted by Gasteiger charge is 2.27. The maximum absolute atomic E-state index is 12.6. The van der Waals surface area contributed by atoms with Gasteiger partial charge in [-0.2, -0.15) is 0 Å². The van der Waals surface area contributed by atoms with Crippen LogP contribution in [0.4, 0.5) is 10.5 Å². The Balaban J connectivity index is 1.31. The van der Waals surface area contributed by atoms with E-state index in [4.69, 9.17) is 11.6 Å². The van der Waals surface area contributed by atoms with Crippen molar-refractivity contribution in [2.24, 2.45) is 0 Å². The van der Waals surface area contributed by atoms with Crippen molar-refractivity contribution in [3.05, 3.63) is 53.6 Å². The summed E-state index contributed by atoms with van der Waals surface area (Å²) in [4.78, 5) is 17.2. The molecule has 2 fully saturated rings. The number of anilines is 1. The maximum atomic E-state index is 12.6. The minimum absolute atomic E-state index is 0.00240. The summed E-state index contributed by atoms with van der Waals surface area (Å²) < 4.78 is 0. The lowest BCUT2D eigenvalue weighted by Gasteiger charge is -2.40. The SMILES string of the molecule is O=C(Nc1ccc(-c2ccccc2Cl)cc1)N1CCC(N2CCCCC2)CC1. The lowest BCUT2D eigenvalue weighted by molar-refractivity contribution is 0.104. The summed E-state index contributed by atoms with van der Waals surface area (Å²) in [5.41, 5.74) is 2.87. The predicted octanol–water partition coefficient (Wildman–Crippen LogP) is 5.49. The van der Waals surface area contributed by atoms with Crippen LogP contribution < -0.4 is 5.32 Å². The highest BCUT2D eigenvalue weighted by molar-refractivity contribution is 6.33. The van der Waals surface area contributed by atoms with E-state index in [0.29, 0.717) is 6.04 Å². The molecule has 4 rings (SSSR count). The normalized spacial score (nSPS) is 18.8. The Labute approximate surface area is 172 Å². The van der Waals surface area contributed by atoms with Crippen molar-refractivity contribution in [2.45, 2.75) is 38.1 Å². The average Bonchev–Trinajstić information content (AvgIpc) is 2.75. The summed E-state index contributed by atoms with van der Waals surface area (Å²) in [6.07, 6.45) is 6.18. The highest BCUT2D eigenvalue weighted by atomic mass is 35.5. The number of amides is 2. The van der Waals surface area contributed by atoms with Crippen LogP contribution in [0.2, 0.25) is 5.02 Å². The van der Waals surface area contributed by atoms with Crippen LogP contribution >= 0.6 is 11.6 Å². The van der Waals surface area contributed by atoms with Gasteiger partial charge in [-0.25, -0.2) is 4.79 Å². The molecular weight excluding hydrogens is 370 g/mol. The van der Waals surface area contributed by atoms with Gasteiger partial charge in [0.25, 0.3) is 0 Å². The molecule has 5 heteroatoms. The lowest BCUT2D eigenvalue weighted by Crippen LogP contribution is -2.49. The van der Waals surface area contributed by atoms with Gasteiger partial charge in [-0.1, -0.05) is 48.4 Å². The van der Waals surface area contributed by atoms with Gasteiger partial charge in [0.1, 0.15) is 0 Å². The molecule has 2 aliphatic heterocycles. The monoisotopic (exact) mass is 397 g/mol. The molecule has 0 aliphatic carbocycles. The molecule has 2 aromatic carbocycles. The summed E-state index contributed by atoms with van der Waals surface area (Å²) in [6, 6.07) is 16.3. The van der Waals surface area contributed by atoms with E-state index in [0.717, 1.165) is 47.8 Å². The Hall–Kier alpha value is -2.04. The number of hydrogen-bond donors (Lipinski definition) is 1. The topological polar surface area (TPSA) is 35.6 Å². The standard InChI is InChI=1S/C23H28ClN3O/c24-22-7-3-2-6-21(22)18-8-10-19(11-9-18)25-23(28)27-16-12-20(13-17-27)26-14-4-1-5-15-26/h2-3,6-11,20H,1,4-5,12-17H2,(H,25,28). The third-order valence-electron chi connectivity index (χ3n) is 5.98. The molecule has 2 heterocycles. The first kappa shape index (κ1) is 19.3. The van der Waals surface area contributed by atoms with E-state index < -0.39 is 0 Å². The predicted molar refractivity (Wildman–Crippen MR) is 116 cm³/mol. The smallest absolute Gasteiger partial charge is 0.321 e. The molecular formula is C23H28ClN3O. The van der Waals surface area contributed by atoms with Gasteiger partial charge in [0.15, 0.2) is 0 Å². The van der Waals surface area contributed by atoms with Gasteiger partial charge in [0.2, 0.25) is 0 Å². The number of benzene rings is 2. The zero-order valence-corrected chi connectivity index (χ0v) is 17.0. The number of urea groups is 1. The minimum Gasteiger partial charge on any atom is -0.324 e. The van der Waals surface area contributed by atoms with Crippen molar-refractivity contribution in [1.29, 1.82) is 0 Å². The van der Waals surface area contributed by atoms with Crippen LogP contribution in [0.3, 0.4) is 0 Å². The molecule has 148 valence electrons. The molecule has 2 aromatic rings. The molecule has 0 aromatic heterocycles. The summed E-state index contributed by atoms with van der Waals surface area (Å²) >= 11 is 6.27. The Morgan fingerprint density at radius 2 is 1.57 bits per heavy atom. The van der Waals surface area contributed by atoms with Gasteiger partial charge in [-0.3, -0.25) is 0 Å². The molecule has 0 bridgehead atoms. The van der Waals surface area contributed by atoms with Crippen molar-refractivity contribution < 1.29 is 4.79 Å². The van der Waals surface area contributed by atoms with E-state index in [-0.39, 0.29) is 6.03 Å². The molecule has 4 nitrogen and oxygen atoms in total. The molecule has 2 aliphatic rings. The van der Waals surface area contributed by atoms with Crippen LogP contribution in [0, 0.1) is 0 Å². The van der Waals surface area contributed by atoms with Crippen molar-refractivity contribution in [1.82, 2.24) is 9.80 Å². The van der Waals surface area contributed by atoms with Gasteiger partial charge >= 0.3 is 6.03 Å². The number of hydrogen-bond acceptors (Lipinski definition) is 2. The Kier molecular flexibility index (Phi) is 6.18. The van der Waals surface area contributed by atoms with Crippen molar-refractivity contribution in [3.63, 3.8) is 0 Å². The summed E-state index contributed by atoms with van der Waals surface area (Å²) in [5, 5.41) is 3.77. The Bertz CT molecular complexity index is 794. The minimum atomic E-state index is 0.00240. The van der Waals surface area contributed by atoms with Crippen LogP contribution in [0.1, 0.15) is 32.1 Å². The lowest BCUT2D eigenvalue weighted by atomic mass is 10.00. The third kappa shape index (κ3) is 4.50. The molecule has 0 saturated carbocycles. The first-order valence-electron chi connectivity index (χ1n) is 10.4. The quantitative estimate of drug-likeness (QED) is 0.743. The van der Waals surface area contributed by atoms with Crippen molar-refractivity contribution in [2.75, 3.05) is 31.5 Å². The first-order valence-corrected chi connectivity index (χ1v) is 10.7. The number of halogens is 1. The second-order valence-electron chi connectivity index (χ2n) is 7.80. The Morgan fingerprint density at radius 3 is 2.25 bits per heavy atom. The average molecular weight is 398 g/mol. The molecule has 2 saturated heterocycles. The molecule has 0 unspecified atom stereocenters. The van der Waals surface area contributed by atoms with E-state index in [9.17, 15) is 4.79 Å². The van der Waals surface area contributed by atoms with E-state index in [2.05, 4.69) is 10.2 Å². The number of nitrogens with zero attached hydrogens (tertiary/aromatic N) is 2. The molecule has 0 atom stereocenters. The fourth-order valence-electron chi connectivity index (χ4n) is 4.35. The van der Waals surface area contributed by atoms with Gasteiger partial charge in [-0.15, -0.1) is 0 Å². The van der Waals surface area contributed by atoms with Crippen LogP contribution in [-0.4, -0.2) is 48.1 Å². The van der Waals surface area contributed by atoms with E-state index in [1.54, 1.807) is 0 Å². The van der Waals surface area contributed by atoms with E-state index >= 15 is 0 Å². The highest BCUT2D eigenvalue weighted by Crippen LogP contribution is 2.28. The fraction of sp³-hybridized carbons (Fsp3) is 0.435. The number of carbonyl (C=O) groups is 1. The van der Waals surface area contributed by atoms with Gasteiger partial charge in [0, 0.05) is 35.4 Å². The van der Waals surface area contributed by atoms with Crippen LogP contribution in [0.15, 0.2) is 48.5 Å². The third-order valence-corrected chi connectivity index (χ3v) is 6.31. The van der Waals surface area contributed by atoms with E-state index in [1.165, 1.54) is 32.4 Å². The van der Waals surface area contributed by atoms with Crippen molar-refractivity contribution in [3.8, 4) is 11.1 Å². The van der Waals surface area contributed by atoms with E-state index in [1.807, 2.05) is 53.4 Å². The van der Waals surface area contributed by atoms with Crippen molar-refractivity contribution >= 4 is 23.3 Å². The number of carbonyl (C=O) groups excluding carboxylic acids is 1. The summed E-state index contributed by atoms with van der Waals surface area (Å²) in [5.74, 6) is 0. The fourth-order valence-corrected chi connectivity index (χ4v) is 4.59. The van der Waals surface area contributed by atoms with Crippen LogP contribution in [0.25, 0.3) is 11.1 Å². The Morgan fingerprint density at radius 1 is 0.893 bits per heavy atom. The molecule has 2 amide bonds. The molecule has 1 N–H and O–H groups in total. The number of rotatable bonds is 3. The first-order chi connectivity index (χ1) is 13.7. The number of nitrogens with one attached hydrogen (secondary N) is 1.